The first-order valence-electron chi connectivity index (χ1n) is 7.39. The molecule has 5 nitrogen and oxygen atoms in total. The second kappa shape index (κ2) is 6.50. The molecular weight excluding hydrogens is 300 g/mol. The first kappa shape index (κ1) is 15.1. The summed E-state index contributed by atoms with van der Waals surface area (Å²) in [6, 6.07) is 7.75. The van der Waals surface area contributed by atoms with Gasteiger partial charge < -0.3 is 5.32 Å². The zero-order valence-electron chi connectivity index (χ0n) is 12.6. The van der Waals surface area contributed by atoms with E-state index >= 15 is 0 Å². The van der Waals surface area contributed by atoms with Gasteiger partial charge in [0.25, 0.3) is 0 Å². The third-order valence-electron chi connectivity index (χ3n) is 3.80. The standard InChI is InChI=1S/C16H19ClN4O/c1-20-10-13(11-21-7-5-15(22)18-6-8-21)16(19-20)12-3-2-4-14(17)9-12/h2-4,9-10H,5-8,11H2,1H3,(H,18,22). The molecule has 1 aromatic carbocycles. The van der Waals surface area contributed by atoms with E-state index in [0.29, 0.717) is 18.0 Å². The fourth-order valence-electron chi connectivity index (χ4n) is 2.74. The topological polar surface area (TPSA) is 50.2 Å². The smallest absolute Gasteiger partial charge is 0.221 e. The number of benzene rings is 1. The average molecular weight is 319 g/mol. The molecule has 1 saturated heterocycles. The van der Waals surface area contributed by atoms with Gasteiger partial charge in [0.15, 0.2) is 0 Å². The lowest BCUT2D eigenvalue weighted by molar-refractivity contribution is -0.120. The molecule has 3 rings (SSSR count). The molecule has 1 aliphatic heterocycles. The molecule has 0 saturated carbocycles. The Morgan fingerprint density at radius 3 is 3.05 bits per heavy atom. The van der Waals surface area contributed by atoms with Crippen molar-refractivity contribution in [3.05, 3.63) is 41.0 Å². The molecule has 0 aliphatic carbocycles. The van der Waals surface area contributed by atoms with Gasteiger partial charge in [-0.3, -0.25) is 14.4 Å². The van der Waals surface area contributed by atoms with Gasteiger partial charge in [-0.2, -0.15) is 5.10 Å². The van der Waals surface area contributed by atoms with Crippen molar-refractivity contribution in [2.45, 2.75) is 13.0 Å². The molecule has 1 N–H and O–H groups in total. The minimum atomic E-state index is 0.128. The fourth-order valence-corrected chi connectivity index (χ4v) is 2.93. The van der Waals surface area contributed by atoms with E-state index < -0.39 is 0 Å². The summed E-state index contributed by atoms with van der Waals surface area (Å²) in [5, 5.41) is 8.18. The van der Waals surface area contributed by atoms with Gasteiger partial charge in [-0.15, -0.1) is 0 Å². The number of aryl methyl sites for hydroxylation is 1. The third kappa shape index (κ3) is 3.48. The molecule has 1 amide bonds. The highest BCUT2D eigenvalue weighted by Gasteiger charge is 2.17. The maximum Gasteiger partial charge on any atom is 0.221 e. The maximum absolute atomic E-state index is 11.4. The van der Waals surface area contributed by atoms with Crippen LogP contribution >= 0.6 is 11.6 Å². The lowest BCUT2D eigenvalue weighted by Crippen LogP contribution is -2.28. The molecule has 1 fully saturated rings. The largest absolute Gasteiger partial charge is 0.355 e. The van der Waals surface area contributed by atoms with Crippen molar-refractivity contribution < 1.29 is 4.79 Å². The highest BCUT2D eigenvalue weighted by molar-refractivity contribution is 6.30. The molecule has 22 heavy (non-hydrogen) atoms. The third-order valence-corrected chi connectivity index (χ3v) is 4.04. The molecule has 116 valence electrons. The van der Waals surface area contributed by atoms with Gasteiger partial charge in [-0.25, -0.2) is 0 Å². The number of carbonyl (C=O) groups excluding carboxylic acids is 1. The summed E-state index contributed by atoms with van der Waals surface area (Å²) in [4.78, 5) is 13.7. The van der Waals surface area contributed by atoms with Gasteiger partial charge in [0.05, 0.1) is 5.69 Å². The van der Waals surface area contributed by atoms with E-state index in [2.05, 4.69) is 15.3 Å². The Balaban J connectivity index is 1.83. The van der Waals surface area contributed by atoms with Crippen LogP contribution in [0.1, 0.15) is 12.0 Å². The van der Waals surface area contributed by atoms with Crippen LogP contribution in [-0.2, 0) is 18.4 Å². The number of nitrogens with zero attached hydrogens (tertiary/aromatic N) is 3. The summed E-state index contributed by atoms with van der Waals surface area (Å²) in [5.74, 6) is 0.128. The Kier molecular flexibility index (Phi) is 4.45. The summed E-state index contributed by atoms with van der Waals surface area (Å²) in [6.07, 6.45) is 2.59. The molecule has 0 atom stereocenters. The summed E-state index contributed by atoms with van der Waals surface area (Å²) in [5.41, 5.74) is 3.12. The van der Waals surface area contributed by atoms with E-state index in [1.165, 1.54) is 0 Å². The molecular formula is C16H19ClN4O. The second-order valence-corrected chi connectivity index (χ2v) is 6.00. The van der Waals surface area contributed by atoms with Gasteiger partial charge in [0.1, 0.15) is 0 Å². The van der Waals surface area contributed by atoms with Crippen molar-refractivity contribution in [1.29, 1.82) is 0 Å². The molecule has 2 heterocycles. The van der Waals surface area contributed by atoms with Gasteiger partial charge in [-0.05, 0) is 12.1 Å². The minimum absolute atomic E-state index is 0.128. The fraction of sp³-hybridized carbons (Fsp3) is 0.375. The lowest BCUT2D eigenvalue weighted by Gasteiger charge is -2.18. The molecule has 1 aromatic heterocycles. The van der Waals surface area contributed by atoms with Crippen LogP contribution in [0, 0.1) is 0 Å². The SMILES string of the molecule is Cn1cc(CN2CCNC(=O)CC2)c(-c2cccc(Cl)c2)n1. The zero-order valence-corrected chi connectivity index (χ0v) is 13.3. The summed E-state index contributed by atoms with van der Waals surface area (Å²) >= 11 is 6.09. The van der Waals surface area contributed by atoms with Crippen LogP contribution in [0.4, 0.5) is 0 Å². The van der Waals surface area contributed by atoms with E-state index in [0.717, 1.165) is 36.5 Å². The van der Waals surface area contributed by atoms with Crippen molar-refractivity contribution >= 4 is 17.5 Å². The molecule has 0 unspecified atom stereocenters. The first-order valence-corrected chi connectivity index (χ1v) is 7.77. The van der Waals surface area contributed by atoms with Gasteiger partial charge in [0.2, 0.25) is 5.91 Å². The Hall–Kier alpha value is -1.85. The number of halogens is 1. The minimum Gasteiger partial charge on any atom is -0.355 e. The summed E-state index contributed by atoms with van der Waals surface area (Å²) < 4.78 is 1.83. The van der Waals surface area contributed by atoms with Crippen LogP contribution in [-0.4, -0.2) is 40.2 Å². The first-order chi connectivity index (χ1) is 10.6. The van der Waals surface area contributed by atoms with Crippen molar-refractivity contribution in [1.82, 2.24) is 20.0 Å². The van der Waals surface area contributed by atoms with Crippen LogP contribution in [0.5, 0.6) is 0 Å². The number of rotatable bonds is 3. The highest BCUT2D eigenvalue weighted by Crippen LogP contribution is 2.25. The van der Waals surface area contributed by atoms with Crippen molar-refractivity contribution in [2.24, 2.45) is 7.05 Å². The zero-order chi connectivity index (χ0) is 15.5. The van der Waals surface area contributed by atoms with E-state index in [1.54, 1.807) is 0 Å². The summed E-state index contributed by atoms with van der Waals surface area (Å²) in [6.45, 7) is 3.11. The van der Waals surface area contributed by atoms with Gasteiger partial charge in [-0.1, -0.05) is 23.7 Å². The van der Waals surface area contributed by atoms with Crippen LogP contribution in [0.15, 0.2) is 30.5 Å². The molecule has 0 radical (unpaired) electrons. The van der Waals surface area contributed by atoms with E-state index in [-0.39, 0.29) is 5.91 Å². The predicted molar refractivity (Wildman–Crippen MR) is 86.6 cm³/mol. The van der Waals surface area contributed by atoms with Crippen LogP contribution in [0.25, 0.3) is 11.3 Å². The predicted octanol–water partition coefficient (Wildman–Crippen LogP) is 2.06. The monoisotopic (exact) mass is 318 g/mol. The Morgan fingerprint density at radius 1 is 1.36 bits per heavy atom. The van der Waals surface area contributed by atoms with E-state index in [1.807, 2.05) is 42.2 Å². The average Bonchev–Trinajstić information content (AvgIpc) is 2.72. The Labute approximate surface area is 134 Å². The van der Waals surface area contributed by atoms with Crippen molar-refractivity contribution in [3.8, 4) is 11.3 Å². The number of nitrogens with one attached hydrogen (secondary N) is 1. The number of amides is 1. The molecule has 0 bridgehead atoms. The van der Waals surface area contributed by atoms with Crippen LogP contribution in [0.3, 0.4) is 0 Å². The Morgan fingerprint density at radius 2 is 2.23 bits per heavy atom. The van der Waals surface area contributed by atoms with Crippen molar-refractivity contribution in [2.75, 3.05) is 19.6 Å². The molecule has 0 spiro atoms. The van der Waals surface area contributed by atoms with Gasteiger partial charge >= 0.3 is 0 Å². The van der Waals surface area contributed by atoms with Crippen LogP contribution < -0.4 is 5.32 Å². The molecule has 2 aromatic rings. The van der Waals surface area contributed by atoms with Crippen LogP contribution in [0.2, 0.25) is 5.02 Å². The maximum atomic E-state index is 11.4. The molecule has 6 heteroatoms. The quantitative estimate of drug-likeness (QED) is 0.942. The summed E-state index contributed by atoms with van der Waals surface area (Å²) in [7, 11) is 1.92. The van der Waals surface area contributed by atoms with Crippen molar-refractivity contribution in [3.63, 3.8) is 0 Å². The number of carbonyl (C=O) groups is 1. The normalized spacial score (nSPS) is 16.4. The van der Waals surface area contributed by atoms with E-state index in [9.17, 15) is 4.79 Å². The number of hydrogen-bond donors (Lipinski definition) is 1. The highest BCUT2D eigenvalue weighted by atomic mass is 35.5. The number of aromatic nitrogens is 2. The van der Waals surface area contributed by atoms with Gasteiger partial charge in [0, 0.05) is 62.0 Å². The molecule has 1 aliphatic rings. The second-order valence-electron chi connectivity index (χ2n) is 5.56. The lowest BCUT2D eigenvalue weighted by atomic mass is 10.1. The Bertz CT molecular complexity index is 683. The van der Waals surface area contributed by atoms with E-state index in [4.69, 9.17) is 11.6 Å². The number of hydrogen-bond acceptors (Lipinski definition) is 3.